The Labute approximate surface area is 129 Å². The number of rotatable bonds is 5. The van der Waals surface area contributed by atoms with Crippen LogP contribution in [0.2, 0.25) is 0 Å². The molecule has 5 heteroatoms. The van der Waals surface area contributed by atoms with Gasteiger partial charge in [0.05, 0.1) is 26.6 Å². The molecule has 1 aromatic heterocycles. The summed E-state index contributed by atoms with van der Waals surface area (Å²) in [6.45, 7) is 1.22. The number of carbonyl (C=O) groups is 1. The minimum atomic E-state index is 0.0316. The van der Waals surface area contributed by atoms with E-state index >= 15 is 0 Å². The molecule has 1 fully saturated rings. The van der Waals surface area contributed by atoms with Crippen LogP contribution in [-0.2, 0) is 11.2 Å². The highest BCUT2D eigenvalue weighted by Crippen LogP contribution is 2.18. The van der Waals surface area contributed by atoms with E-state index in [1.165, 1.54) is 0 Å². The normalized spacial score (nSPS) is 14.3. The van der Waals surface area contributed by atoms with Crippen LogP contribution in [0.25, 0.3) is 0 Å². The molecular weight excluding hydrogens is 280 g/mol. The zero-order chi connectivity index (χ0) is 15.4. The summed E-state index contributed by atoms with van der Waals surface area (Å²) in [6, 6.07) is 13.1. The first kappa shape index (κ1) is 14.4. The van der Waals surface area contributed by atoms with Crippen molar-refractivity contribution in [1.29, 1.82) is 0 Å². The standard InChI is InChI=1S/C17H18N2O3/c1-21-14-6-4-5-13(9-14)10-17(20)19-11-15(12-19)22-16-7-2-3-8-18-16/h2-9,15H,10-12H2,1H3. The Morgan fingerprint density at radius 3 is 2.86 bits per heavy atom. The highest BCUT2D eigenvalue weighted by molar-refractivity contribution is 5.79. The van der Waals surface area contributed by atoms with Crippen molar-refractivity contribution in [1.82, 2.24) is 9.88 Å². The minimum absolute atomic E-state index is 0.0316. The molecule has 2 aromatic rings. The average molecular weight is 298 g/mol. The molecule has 114 valence electrons. The van der Waals surface area contributed by atoms with E-state index in [2.05, 4.69) is 4.98 Å². The number of likely N-dealkylation sites (tertiary alicyclic amines) is 1. The highest BCUT2D eigenvalue weighted by atomic mass is 16.5. The molecule has 1 amide bonds. The number of pyridine rings is 1. The van der Waals surface area contributed by atoms with Crippen LogP contribution in [0.15, 0.2) is 48.7 Å². The number of methoxy groups -OCH3 is 1. The highest BCUT2D eigenvalue weighted by Gasteiger charge is 2.32. The number of hydrogen-bond donors (Lipinski definition) is 0. The van der Waals surface area contributed by atoms with Gasteiger partial charge in [0.15, 0.2) is 0 Å². The number of ether oxygens (including phenoxy) is 2. The molecule has 0 bridgehead atoms. The van der Waals surface area contributed by atoms with Gasteiger partial charge in [-0.05, 0) is 23.8 Å². The lowest BCUT2D eigenvalue weighted by molar-refractivity contribution is -0.139. The predicted molar refractivity (Wildman–Crippen MR) is 81.9 cm³/mol. The summed E-state index contributed by atoms with van der Waals surface area (Å²) in [5.74, 6) is 1.48. The molecule has 3 rings (SSSR count). The molecule has 5 nitrogen and oxygen atoms in total. The number of benzene rings is 1. The molecule has 1 saturated heterocycles. The smallest absolute Gasteiger partial charge is 0.227 e. The molecule has 0 saturated carbocycles. The summed E-state index contributed by atoms with van der Waals surface area (Å²) < 4.78 is 10.9. The van der Waals surface area contributed by atoms with Crippen LogP contribution < -0.4 is 9.47 Å². The van der Waals surface area contributed by atoms with Gasteiger partial charge in [0.1, 0.15) is 11.9 Å². The summed E-state index contributed by atoms with van der Waals surface area (Å²) in [7, 11) is 1.62. The van der Waals surface area contributed by atoms with Gasteiger partial charge >= 0.3 is 0 Å². The molecule has 1 aliphatic heterocycles. The van der Waals surface area contributed by atoms with Crippen LogP contribution in [0.3, 0.4) is 0 Å². The SMILES string of the molecule is COc1cccc(CC(=O)N2CC(Oc3ccccn3)C2)c1. The second-order valence-electron chi connectivity index (χ2n) is 5.23. The van der Waals surface area contributed by atoms with Crippen LogP contribution in [0.5, 0.6) is 11.6 Å². The summed E-state index contributed by atoms with van der Waals surface area (Å²) in [5.41, 5.74) is 0.957. The Balaban J connectivity index is 1.49. The number of amides is 1. The van der Waals surface area contributed by atoms with Gasteiger partial charge in [-0.1, -0.05) is 18.2 Å². The number of carbonyl (C=O) groups excluding carboxylic acids is 1. The van der Waals surface area contributed by atoms with Gasteiger partial charge in [0, 0.05) is 12.3 Å². The Bertz CT molecular complexity index is 639. The third kappa shape index (κ3) is 3.36. The first-order chi connectivity index (χ1) is 10.7. The Morgan fingerprint density at radius 2 is 2.14 bits per heavy atom. The van der Waals surface area contributed by atoms with Crippen LogP contribution in [0.4, 0.5) is 0 Å². The molecular formula is C17H18N2O3. The van der Waals surface area contributed by atoms with E-state index in [1.807, 2.05) is 42.5 Å². The lowest BCUT2D eigenvalue weighted by atomic mass is 10.1. The first-order valence-corrected chi connectivity index (χ1v) is 7.23. The van der Waals surface area contributed by atoms with E-state index in [9.17, 15) is 4.79 Å². The number of aromatic nitrogens is 1. The number of nitrogens with zero attached hydrogens (tertiary/aromatic N) is 2. The summed E-state index contributed by atoms with van der Waals surface area (Å²) in [4.78, 5) is 18.1. The van der Waals surface area contributed by atoms with Crippen molar-refractivity contribution in [3.05, 3.63) is 54.2 Å². The Kier molecular flexibility index (Phi) is 4.23. The molecule has 22 heavy (non-hydrogen) atoms. The van der Waals surface area contributed by atoms with E-state index in [-0.39, 0.29) is 12.0 Å². The second kappa shape index (κ2) is 6.47. The Hall–Kier alpha value is -2.56. The van der Waals surface area contributed by atoms with Gasteiger partial charge in [-0.25, -0.2) is 4.98 Å². The average Bonchev–Trinajstić information content (AvgIpc) is 2.51. The second-order valence-corrected chi connectivity index (χ2v) is 5.23. The zero-order valence-corrected chi connectivity index (χ0v) is 12.4. The fraction of sp³-hybridized carbons (Fsp3) is 0.294. The fourth-order valence-electron chi connectivity index (χ4n) is 2.37. The summed E-state index contributed by atoms with van der Waals surface area (Å²) in [5, 5.41) is 0. The van der Waals surface area contributed by atoms with Crippen LogP contribution in [0, 0.1) is 0 Å². The van der Waals surface area contributed by atoms with Gasteiger partial charge in [-0.3, -0.25) is 4.79 Å². The van der Waals surface area contributed by atoms with Gasteiger partial charge < -0.3 is 14.4 Å². The monoisotopic (exact) mass is 298 g/mol. The quantitative estimate of drug-likeness (QED) is 0.846. The summed E-state index contributed by atoms with van der Waals surface area (Å²) >= 11 is 0. The maximum absolute atomic E-state index is 12.2. The van der Waals surface area contributed by atoms with E-state index in [0.717, 1.165) is 11.3 Å². The van der Waals surface area contributed by atoms with Gasteiger partial charge in [0.25, 0.3) is 0 Å². The van der Waals surface area contributed by atoms with E-state index < -0.39 is 0 Å². The fourth-order valence-corrected chi connectivity index (χ4v) is 2.37. The maximum Gasteiger partial charge on any atom is 0.227 e. The van der Waals surface area contributed by atoms with Gasteiger partial charge in [0.2, 0.25) is 11.8 Å². The molecule has 1 aromatic carbocycles. The topological polar surface area (TPSA) is 51.7 Å². The van der Waals surface area contributed by atoms with Crippen molar-refractivity contribution in [2.24, 2.45) is 0 Å². The van der Waals surface area contributed by atoms with Crippen molar-refractivity contribution < 1.29 is 14.3 Å². The Morgan fingerprint density at radius 1 is 1.27 bits per heavy atom. The maximum atomic E-state index is 12.2. The van der Waals surface area contributed by atoms with Crippen LogP contribution in [-0.4, -0.2) is 42.1 Å². The van der Waals surface area contributed by atoms with Crippen molar-refractivity contribution in [2.75, 3.05) is 20.2 Å². The van der Waals surface area contributed by atoms with E-state index in [1.54, 1.807) is 18.2 Å². The number of hydrogen-bond acceptors (Lipinski definition) is 4. The molecule has 0 radical (unpaired) electrons. The first-order valence-electron chi connectivity index (χ1n) is 7.23. The van der Waals surface area contributed by atoms with Crippen molar-refractivity contribution in [3.8, 4) is 11.6 Å². The molecule has 0 aliphatic carbocycles. The summed E-state index contributed by atoms with van der Waals surface area (Å²) in [6.07, 6.45) is 2.11. The lowest BCUT2D eigenvalue weighted by Gasteiger charge is -2.38. The van der Waals surface area contributed by atoms with Gasteiger partial charge in [-0.15, -0.1) is 0 Å². The van der Waals surface area contributed by atoms with Crippen LogP contribution >= 0.6 is 0 Å². The molecule has 1 aliphatic rings. The van der Waals surface area contributed by atoms with Crippen molar-refractivity contribution >= 4 is 5.91 Å². The van der Waals surface area contributed by atoms with Crippen LogP contribution in [0.1, 0.15) is 5.56 Å². The lowest BCUT2D eigenvalue weighted by Crippen LogP contribution is -2.56. The molecule has 2 heterocycles. The van der Waals surface area contributed by atoms with E-state index in [4.69, 9.17) is 9.47 Å². The predicted octanol–water partition coefficient (Wildman–Crippen LogP) is 1.92. The molecule has 0 unspecified atom stereocenters. The van der Waals surface area contributed by atoms with Gasteiger partial charge in [-0.2, -0.15) is 0 Å². The molecule has 0 spiro atoms. The molecule has 0 atom stereocenters. The zero-order valence-electron chi connectivity index (χ0n) is 12.4. The van der Waals surface area contributed by atoms with Crippen molar-refractivity contribution in [2.45, 2.75) is 12.5 Å². The van der Waals surface area contributed by atoms with Crippen molar-refractivity contribution in [3.63, 3.8) is 0 Å². The third-order valence-corrected chi connectivity index (χ3v) is 3.62. The largest absolute Gasteiger partial charge is 0.497 e. The third-order valence-electron chi connectivity index (χ3n) is 3.62. The molecule has 0 N–H and O–H groups in total. The minimum Gasteiger partial charge on any atom is -0.497 e. The van der Waals surface area contributed by atoms with E-state index in [0.29, 0.717) is 25.4 Å².